The van der Waals surface area contributed by atoms with Crippen molar-refractivity contribution in [2.75, 3.05) is 12.3 Å². The predicted octanol–water partition coefficient (Wildman–Crippen LogP) is 3.56. The molecule has 0 aromatic heterocycles. The molecule has 2 aromatic carbocycles. The number of hydrogen-bond donors (Lipinski definition) is 3. The van der Waals surface area contributed by atoms with E-state index < -0.39 is 22.9 Å². The molecule has 1 unspecified atom stereocenters. The monoisotopic (exact) mass is 345 g/mol. The number of alkyl halides is 3. The third-order valence-electron chi connectivity index (χ3n) is 3.50. The van der Waals surface area contributed by atoms with Gasteiger partial charge in [0, 0.05) is 17.9 Å². The maximum Gasteiger partial charge on any atom is 0.417 e. The van der Waals surface area contributed by atoms with Gasteiger partial charge in [0.1, 0.15) is 6.10 Å². The van der Waals surface area contributed by atoms with E-state index in [4.69, 9.17) is 22.4 Å². The van der Waals surface area contributed by atoms with Gasteiger partial charge in [-0.15, -0.1) is 0 Å². The maximum atomic E-state index is 13.2. The molecule has 7 heteroatoms. The molecule has 0 aliphatic carbocycles. The molecule has 0 aliphatic rings. The Bertz CT molecular complexity index is 690. The lowest BCUT2D eigenvalue weighted by molar-refractivity contribution is -0.137. The lowest BCUT2D eigenvalue weighted by Crippen LogP contribution is -2.14. The Hall–Kier alpha value is -1.76. The summed E-state index contributed by atoms with van der Waals surface area (Å²) in [6.07, 6.45) is -6.16. The number of rotatable bonds is 4. The van der Waals surface area contributed by atoms with Gasteiger partial charge in [0.15, 0.2) is 0 Å². The van der Waals surface area contributed by atoms with E-state index in [1.807, 2.05) is 0 Å². The van der Waals surface area contributed by atoms with E-state index >= 15 is 0 Å². The van der Waals surface area contributed by atoms with Crippen LogP contribution in [0.5, 0.6) is 0 Å². The van der Waals surface area contributed by atoms with Gasteiger partial charge < -0.3 is 15.9 Å². The van der Waals surface area contributed by atoms with Crippen LogP contribution in [0.15, 0.2) is 36.4 Å². The Morgan fingerprint density at radius 1 is 1.17 bits per heavy atom. The van der Waals surface area contributed by atoms with Crippen molar-refractivity contribution in [3.05, 3.63) is 63.7 Å². The fourth-order valence-corrected chi connectivity index (χ4v) is 2.72. The Balaban J connectivity index is 2.68. The van der Waals surface area contributed by atoms with Crippen LogP contribution >= 0.6 is 11.6 Å². The zero-order valence-electron chi connectivity index (χ0n) is 11.9. The van der Waals surface area contributed by atoms with E-state index in [-0.39, 0.29) is 29.8 Å². The van der Waals surface area contributed by atoms with E-state index in [0.717, 1.165) is 6.07 Å². The summed E-state index contributed by atoms with van der Waals surface area (Å²) >= 11 is 5.89. The average molecular weight is 346 g/mol. The summed E-state index contributed by atoms with van der Waals surface area (Å²) in [5.74, 6) is 0. The van der Waals surface area contributed by atoms with Crippen LogP contribution in [-0.4, -0.2) is 16.8 Å². The molecule has 0 saturated heterocycles. The number of anilines is 1. The van der Waals surface area contributed by atoms with E-state index in [1.165, 1.54) is 0 Å². The van der Waals surface area contributed by atoms with Gasteiger partial charge in [0.25, 0.3) is 0 Å². The minimum absolute atomic E-state index is 0.0478. The first-order valence-electron chi connectivity index (χ1n) is 6.79. The second kappa shape index (κ2) is 6.78. The van der Waals surface area contributed by atoms with Crippen molar-refractivity contribution < 1.29 is 23.4 Å². The van der Waals surface area contributed by atoms with Crippen LogP contribution < -0.4 is 5.73 Å². The van der Waals surface area contributed by atoms with Gasteiger partial charge in [-0.25, -0.2) is 0 Å². The van der Waals surface area contributed by atoms with Gasteiger partial charge in [-0.05, 0) is 23.6 Å². The highest BCUT2D eigenvalue weighted by atomic mass is 35.5. The van der Waals surface area contributed by atoms with E-state index in [9.17, 15) is 18.3 Å². The zero-order valence-corrected chi connectivity index (χ0v) is 12.7. The van der Waals surface area contributed by atoms with Gasteiger partial charge in [0.05, 0.1) is 10.6 Å². The molecule has 0 bridgehead atoms. The molecular formula is C16H15ClF3NO2. The van der Waals surface area contributed by atoms with Gasteiger partial charge in [-0.2, -0.15) is 13.2 Å². The van der Waals surface area contributed by atoms with Crippen LogP contribution in [0.1, 0.15) is 28.4 Å². The molecule has 2 rings (SSSR count). The summed E-state index contributed by atoms with van der Waals surface area (Å²) in [5, 5.41) is 18.8. The number of nitrogen functional groups attached to an aromatic ring is 1. The van der Waals surface area contributed by atoms with Crippen LogP contribution in [0, 0.1) is 0 Å². The third kappa shape index (κ3) is 3.60. The van der Waals surface area contributed by atoms with E-state index in [2.05, 4.69) is 0 Å². The van der Waals surface area contributed by atoms with Gasteiger partial charge in [-0.3, -0.25) is 0 Å². The summed E-state index contributed by atoms with van der Waals surface area (Å²) in [6.45, 7) is -0.371. The second-order valence-electron chi connectivity index (χ2n) is 5.01. The van der Waals surface area contributed by atoms with E-state index in [1.54, 1.807) is 30.3 Å². The fourth-order valence-electron chi connectivity index (χ4n) is 2.35. The molecule has 0 fully saturated rings. The Morgan fingerprint density at radius 2 is 1.78 bits per heavy atom. The first kappa shape index (κ1) is 17.6. The molecule has 124 valence electrons. The number of hydrogen-bond acceptors (Lipinski definition) is 3. The summed E-state index contributed by atoms with van der Waals surface area (Å²) in [7, 11) is 0. The lowest BCUT2D eigenvalue weighted by atomic mass is 9.93. The molecule has 4 N–H and O–H groups in total. The molecule has 0 heterocycles. The largest absolute Gasteiger partial charge is 0.417 e. The van der Waals surface area contributed by atoms with Gasteiger partial charge in [-0.1, -0.05) is 41.9 Å². The van der Waals surface area contributed by atoms with Gasteiger partial charge in [0.2, 0.25) is 0 Å². The van der Waals surface area contributed by atoms with Gasteiger partial charge >= 0.3 is 6.18 Å². The minimum atomic E-state index is -4.69. The standard InChI is InChI=1S/C16H15ClF3NO2/c17-13-11(16(18,19)20)8-10(6-7-22)14(21)12(13)15(23)9-4-2-1-3-5-9/h1-5,8,15,22-23H,6-7,21H2. The molecule has 0 spiro atoms. The fraction of sp³-hybridized carbons (Fsp3) is 0.250. The van der Waals surface area contributed by atoms with Crippen LogP contribution in [-0.2, 0) is 12.6 Å². The average Bonchev–Trinajstić information content (AvgIpc) is 2.49. The summed E-state index contributed by atoms with van der Waals surface area (Å²) in [6, 6.07) is 8.94. The Labute approximate surface area is 136 Å². The molecule has 2 aromatic rings. The lowest BCUT2D eigenvalue weighted by Gasteiger charge is -2.22. The minimum Gasteiger partial charge on any atom is -0.398 e. The molecule has 3 nitrogen and oxygen atoms in total. The Morgan fingerprint density at radius 3 is 2.30 bits per heavy atom. The molecule has 1 atom stereocenters. The van der Waals surface area contributed by atoms with Crippen molar-refractivity contribution in [2.24, 2.45) is 0 Å². The zero-order chi connectivity index (χ0) is 17.2. The second-order valence-corrected chi connectivity index (χ2v) is 5.39. The van der Waals surface area contributed by atoms with Crippen LogP contribution in [0.4, 0.5) is 18.9 Å². The van der Waals surface area contributed by atoms with Crippen LogP contribution in [0.2, 0.25) is 5.02 Å². The number of benzene rings is 2. The quantitative estimate of drug-likeness (QED) is 0.742. The summed E-state index contributed by atoms with van der Waals surface area (Å²) in [4.78, 5) is 0. The van der Waals surface area contributed by atoms with Crippen molar-refractivity contribution >= 4 is 17.3 Å². The topological polar surface area (TPSA) is 66.5 Å². The third-order valence-corrected chi connectivity index (χ3v) is 3.91. The van der Waals surface area contributed by atoms with Crippen molar-refractivity contribution in [1.82, 2.24) is 0 Å². The number of aliphatic hydroxyl groups excluding tert-OH is 2. The number of aliphatic hydroxyl groups is 2. The van der Waals surface area contributed by atoms with Crippen molar-refractivity contribution in [3.63, 3.8) is 0 Å². The van der Waals surface area contributed by atoms with Crippen molar-refractivity contribution in [3.8, 4) is 0 Å². The molecule has 0 saturated carbocycles. The normalized spacial score (nSPS) is 13.1. The molecular weight excluding hydrogens is 331 g/mol. The molecule has 0 radical (unpaired) electrons. The highest BCUT2D eigenvalue weighted by molar-refractivity contribution is 6.32. The predicted molar refractivity (Wildman–Crippen MR) is 82.2 cm³/mol. The number of halogens is 4. The molecule has 23 heavy (non-hydrogen) atoms. The van der Waals surface area contributed by atoms with E-state index in [0.29, 0.717) is 5.56 Å². The first-order valence-corrected chi connectivity index (χ1v) is 7.17. The molecule has 0 amide bonds. The molecule has 0 aliphatic heterocycles. The smallest absolute Gasteiger partial charge is 0.398 e. The SMILES string of the molecule is Nc1c(CCO)cc(C(F)(F)F)c(Cl)c1C(O)c1ccccc1. The Kier molecular flexibility index (Phi) is 5.19. The van der Waals surface area contributed by atoms with Crippen molar-refractivity contribution in [1.29, 1.82) is 0 Å². The maximum absolute atomic E-state index is 13.2. The van der Waals surface area contributed by atoms with Crippen LogP contribution in [0.3, 0.4) is 0 Å². The van der Waals surface area contributed by atoms with Crippen LogP contribution in [0.25, 0.3) is 0 Å². The van der Waals surface area contributed by atoms with Crippen molar-refractivity contribution in [2.45, 2.75) is 18.7 Å². The summed E-state index contributed by atoms with van der Waals surface area (Å²) in [5.41, 5.74) is 5.03. The highest BCUT2D eigenvalue weighted by Crippen LogP contribution is 2.43. The summed E-state index contributed by atoms with van der Waals surface area (Å²) < 4.78 is 39.5. The highest BCUT2D eigenvalue weighted by Gasteiger charge is 2.36. The number of nitrogens with two attached hydrogens (primary N) is 1. The first-order chi connectivity index (χ1) is 10.8.